The fraction of sp³-hybridized carbons (Fsp3) is 0.400. The van der Waals surface area contributed by atoms with Crippen LogP contribution in [0.4, 0.5) is 0 Å². The van der Waals surface area contributed by atoms with Gasteiger partial charge in [0.1, 0.15) is 11.9 Å². The summed E-state index contributed by atoms with van der Waals surface area (Å²) in [5, 5.41) is 0. The molecular weight excluding hydrogens is 300 g/mol. The predicted octanol–water partition coefficient (Wildman–Crippen LogP) is 3.60. The van der Waals surface area contributed by atoms with Crippen LogP contribution in [-0.4, -0.2) is 34.0 Å². The quantitative estimate of drug-likeness (QED) is 0.867. The summed E-state index contributed by atoms with van der Waals surface area (Å²) in [4.78, 5) is 19.1. The zero-order valence-corrected chi connectivity index (χ0v) is 13.9. The standard InChI is InChI=1S/C20H22N2O2/c1-14-3-2-4-15(11-14)20(23)22-16-5-6-17(22)13-19(12-16)24-18-7-9-21-10-8-18/h2-4,7-11,16-17,19H,5-6,12-13H2,1H3. The van der Waals surface area contributed by atoms with Crippen molar-refractivity contribution in [3.8, 4) is 5.75 Å². The summed E-state index contributed by atoms with van der Waals surface area (Å²) in [6.07, 6.45) is 7.68. The van der Waals surface area contributed by atoms with E-state index in [1.807, 2.05) is 43.3 Å². The summed E-state index contributed by atoms with van der Waals surface area (Å²) < 4.78 is 6.11. The highest BCUT2D eigenvalue weighted by atomic mass is 16.5. The topological polar surface area (TPSA) is 42.4 Å². The van der Waals surface area contributed by atoms with Crippen LogP contribution in [0.15, 0.2) is 48.8 Å². The van der Waals surface area contributed by atoms with Crippen LogP contribution in [0.1, 0.15) is 41.6 Å². The average molecular weight is 322 g/mol. The largest absolute Gasteiger partial charge is 0.490 e. The third kappa shape index (κ3) is 2.88. The average Bonchev–Trinajstić information content (AvgIpc) is 2.86. The van der Waals surface area contributed by atoms with Crippen molar-refractivity contribution in [1.29, 1.82) is 0 Å². The number of ether oxygens (including phenoxy) is 1. The Morgan fingerprint density at radius 1 is 1.12 bits per heavy atom. The zero-order chi connectivity index (χ0) is 16.5. The minimum atomic E-state index is 0.175. The monoisotopic (exact) mass is 322 g/mol. The molecule has 0 saturated carbocycles. The molecule has 0 aliphatic carbocycles. The summed E-state index contributed by atoms with van der Waals surface area (Å²) in [6.45, 7) is 2.03. The van der Waals surface area contributed by atoms with Crippen LogP contribution >= 0.6 is 0 Å². The molecule has 0 spiro atoms. The summed E-state index contributed by atoms with van der Waals surface area (Å²) in [5.74, 6) is 1.04. The number of benzene rings is 1. The van der Waals surface area contributed by atoms with Crippen molar-refractivity contribution in [2.24, 2.45) is 0 Å². The SMILES string of the molecule is Cc1cccc(C(=O)N2C3CCC2CC(Oc2ccncc2)C3)c1. The molecule has 24 heavy (non-hydrogen) atoms. The fourth-order valence-corrected chi connectivity index (χ4v) is 4.09. The van der Waals surface area contributed by atoms with Gasteiger partial charge >= 0.3 is 0 Å². The minimum absolute atomic E-state index is 0.175. The number of hydrogen-bond acceptors (Lipinski definition) is 3. The lowest BCUT2D eigenvalue weighted by molar-refractivity contribution is 0.0358. The predicted molar refractivity (Wildman–Crippen MR) is 92.0 cm³/mol. The fourth-order valence-electron chi connectivity index (χ4n) is 4.09. The van der Waals surface area contributed by atoms with E-state index < -0.39 is 0 Å². The summed E-state index contributed by atoms with van der Waals surface area (Å²) in [6, 6.07) is 12.3. The summed E-state index contributed by atoms with van der Waals surface area (Å²) in [5.41, 5.74) is 1.93. The van der Waals surface area contributed by atoms with Crippen LogP contribution < -0.4 is 4.74 Å². The van der Waals surface area contributed by atoms with Crippen LogP contribution in [0.25, 0.3) is 0 Å². The van der Waals surface area contributed by atoms with Crippen molar-refractivity contribution in [3.63, 3.8) is 0 Å². The second-order valence-electron chi connectivity index (χ2n) is 6.86. The van der Waals surface area contributed by atoms with Crippen LogP contribution in [0.5, 0.6) is 5.75 Å². The molecule has 1 aromatic carbocycles. The number of rotatable bonds is 3. The van der Waals surface area contributed by atoms with Gasteiger partial charge < -0.3 is 9.64 Å². The Morgan fingerprint density at radius 3 is 2.50 bits per heavy atom. The maximum absolute atomic E-state index is 13.0. The lowest BCUT2D eigenvalue weighted by Crippen LogP contribution is -2.49. The van der Waals surface area contributed by atoms with Crippen molar-refractivity contribution in [1.82, 2.24) is 9.88 Å². The van der Waals surface area contributed by atoms with Gasteiger partial charge in [-0.2, -0.15) is 0 Å². The van der Waals surface area contributed by atoms with Gasteiger partial charge in [-0.25, -0.2) is 0 Å². The van der Waals surface area contributed by atoms with Crippen LogP contribution in [0, 0.1) is 6.92 Å². The van der Waals surface area contributed by atoms with E-state index >= 15 is 0 Å². The number of piperidine rings is 1. The molecule has 2 saturated heterocycles. The first-order valence-electron chi connectivity index (χ1n) is 8.67. The molecule has 2 aliphatic heterocycles. The van der Waals surface area contributed by atoms with Crippen molar-refractivity contribution in [2.45, 2.75) is 50.8 Å². The van der Waals surface area contributed by atoms with Gasteiger partial charge in [0.15, 0.2) is 0 Å². The Kier molecular flexibility index (Phi) is 3.97. The molecule has 124 valence electrons. The van der Waals surface area contributed by atoms with Crippen molar-refractivity contribution in [2.75, 3.05) is 0 Å². The summed E-state index contributed by atoms with van der Waals surface area (Å²) in [7, 11) is 0. The number of nitrogens with zero attached hydrogens (tertiary/aromatic N) is 2. The molecule has 2 atom stereocenters. The third-order valence-corrected chi connectivity index (χ3v) is 5.14. The number of aryl methyl sites for hydroxylation is 1. The number of aromatic nitrogens is 1. The van der Waals surface area contributed by atoms with E-state index in [9.17, 15) is 4.79 Å². The van der Waals surface area contributed by atoms with E-state index in [1.54, 1.807) is 12.4 Å². The van der Waals surface area contributed by atoms with E-state index in [2.05, 4.69) is 9.88 Å². The Bertz CT molecular complexity index is 717. The molecule has 2 aromatic rings. The van der Waals surface area contributed by atoms with Crippen LogP contribution in [-0.2, 0) is 0 Å². The minimum Gasteiger partial charge on any atom is -0.490 e. The molecule has 1 aromatic heterocycles. The maximum atomic E-state index is 13.0. The molecular formula is C20H22N2O2. The molecule has 4 nitrogen and oxygen atoms in total. The Labute approximate surface area is 142 Å². The highest BCUT2D eigenvalue weighted by Crippen LogP contribution is 2.38. The first-order valence-corrected chi connectivity index (χ1v) is 8.67. The Hall–Kier alpha value is -2.36. The third-order valence-electron chi connectivity index (χ3n) is 5.14. The molecule has 4 rings (SSSR count). The molecule has 2 aliphatic rings. The van der Waals surface area contributed by atoms with E-state index in [4.69, 9.17) is 4.74 Å². The highest BCUT2D eigenvalue weighted by molar-refractivity contribution is 5.95. The van der Waals surface area contributed by atoms with E-state index in [0.717, 1.165) is 42.6 Å². The molecule has 2 bridgehead atoms. The van der Waals surface area contributed by atoms with Crippen molar-refractivity contribution >= 4 is 5.91 Å². The van der Waals surface area contributed by atoms with E-state index in [0.29, 0.717) is 12.1 Å². The van der Waals surface area contributed by atoms with Crippen molar-refractivity contribution in [3.05, 3.63) is 59.9 Å². The second kappa shape index (κ2) is 6.27. The Balaban J connectivity index is 1.48. The van der Waals surface area contributed by atoms with Gasteiger partial charge in [0, 0.05) is 42.9 Å². The van der Waals surface area contributed by atoms with Gasteiger partial charge in [-0.1, -0.05) is 17.7 Å². The first kappa shape index (κ1) is 15.2. The van der Waals surface area contributed by atoms with Gasteiger partial charge in [-0.15, -0.1) is 0 Å². The number of pyridine rings is 1. The van der Waals surface area contributed by atoms with Crippen LogP contribution in [0.2, 0.25) is 0 Å². The molecule has 0 N–H and O–H groups in total. The van der Waals surface area contributed by atoms with Crippen LogP contribution in [0.3, 0.4) is 0 Å². The number of amides is 1. The summed E-state index contributed by atoms with van der Waals surface area (Å²) >= 11 is 0. The number of hydrogen-bond donors (Lipinski definition) is 0. The van der Waals surface area contributed by atoms with Gasteiger partial charge in [-0.05, 0) is 44.0 Å². The molecule has 0 radical (unpaired) electrons. The maximum Gasteiger partial charge on any atom is 0.254 e. The molecule has 2 fully saturated rings. The molecule has 1 amide bonds. The highest BCUT2D eigenvalue weighted by Gasteiger charge is 2.44. The van der Waals surface area contributed by atoms with Gasteiger partial charge in [0.25, 0.3) is 5.91 Å². The Morgan fingerprint density at radius 2 is 1.83 bits per heavy atom. The van der Waals surface area contributed by atoms with Gasteiger partial charge in [-0.3, -0.25) is 9.78 Å². The second-order valence-corrected chi connectivity index (χ2v) is 6.86. The first-order chi connectivity index (χ1) is 11.7. The van der Waals surface area contributed by atoms with E-state index in [1.165, 1.54) is 0 Å². The molecule has 4 heteroatoms. The van der Waals surface area contributed by atoms with E-state index in [-0.39, 0.29) is 12.0 Å². The van der Waals surface area contributed by atoms with Gasteiger partial charge in [0.2, 0.25) is 0 Å². The zero-order valence-electron chi connectivity index (χ0n) is 13.9. The normalized spacial score (nSPS) is 25.5. The lowest BCUT2D eigenvalue weighted by atomic mass is 9.98. The number of fused-ring (bicyclic) bond motifs is 2. The molecule has 3 heterocycles. The van der Waals surface area contributed by atoms with Crippen molar-refractivity contribution < 1.29 is 9.53 Å². The van der Waals surface area contributed by atoms with Gasteiger partial charge in [0.05, 0.1) is 0 Å². The lowest BCUT2D eigenvalue weighted by Gasteiger charge is -2.39. The number of carbonyl (C=O) groups is 1. The smallest absolute Gasteiger partial charge is 0.254 e. The number of carbonyl (C=O) groups excluding carboxylic acids is 1. The molecule has 2 unspecified atom stereocenters.